The Bertz CT molecular complexity index is 930. The first-order valence-corrected chi connectivity index (χ1v) is 10.8. The lowest BCUT2D eigenvalue weighted by Gasteiger charge is -2.27. The summed E-state index contributed by atoms with van der Waals surface area (Å²) in [6.45, 7) is 9.75. The van der Waals surface area contributed by atoms with Crippen molar-refractivity contribution in [3.8, 4) is 11.4 Å². The zero-order valence-corrected chi connectivity index (χ0v) is 18.7. The van der Waals surface area contributed by atoms with E-state index >= 15 is 0 Å². The fourth-order valence-corrected chi connectivity index (χ4v) is 4.75. The Kier molecular flexibility index (Phi) is 5.98. The number of hydrogen-bond donors (Lipinski definition) is 1. The van der Waals surface area contributed by atoms with Crippen LogP contribution < -0.4 is 10.1 Å². The molecular weight excluding hydrogens is 386 g/mol. The van der Waals surface area contributed by atoms with Crippen molar-refractivity contribution < 1.29 is 14.3 Å². The molecule has 0 unspecified atom stereocenters. The van der Waals surface area contributed by atoms with Crippen LogP contribution in [0, 0.1) is 13.8 Å². The van der Waals surface area contributed by atoms with Gasteiger partial charge in [-0.05, 0) is 52.8 Å². The van der Waals surface area contributed by atoms with E-state index in [1.807, 2.05) is 69.5 Å². The summed E-state index contributed by atoms with van der Waals surface area (Å²) >= 11 is 1.61. The average molecular weight is 416 g/mol. The van der Waals surface area contributed by atoms with E-state index in [-0.39, 0.29) is 17.4 Å². The first kappa shape index (κ1) is 21.3. The average Bonchev–Trinajstić information content (AvgIpc) is 3.24. The molecule has 1 atom stereocenters. The van der Waals surface area contributed by atoms with Crippen molar-refractivity contribution in [1.82, 2.24) is 14.8 Å². The summed E-state index contributed by atoms with van der Waals surface area (Å²) in [4.78, 5) is 27.8. The zero-order chi connectivity index (χ0) is 21.3. The van der Waals surface area contributed by atoms with Crippen LogP contribution >= 0.6 is 11.8 Å². The normalized spacial score (nSPS) is 16.8. The van der Waals surface area contributed by atoms with Gasteiger partial charge < -0.3 is 19.5 Å². The molecule has 0 radical (unpaired) electrons. The van der Waals surface area contributed by atoms with Gasteiger partial charge in [0, 0.05) is 34.4 Å². The lowest BCUT2D eigenvalue weighted by molar-refractivity contribution is -0.125. The van der Waals surface area contributed by atoms with Gasteiger partial charge in [0.15, 0.2) is 0 Å². The van der Waals surface area contributed by atoms with Gasteiger partial charge in [-0.15, -0.1) is 11.8 Å². The lowest BCUT2D eigenvalue weighted by atomic mass is 10.1. The molecule has 7 heteroatoms. The van der Waals surface area contributed by atoms with Gasteiger partial charge in [0.25, 0.3) is 5.91 Å². The highest BCUT2D eigenvalue weighted by Crippen LogP contribution is 2.28. The molecule has 6 nitrogen and oxygen atoms in total. The molecule has 1 fully saturated rings. The molecule has 2 heterocycles. The van der Waals surface area contributed by atoms with E-state index in [9.17, 15) is 9.59 Å². The van der Waals surface area contributed by atoms with Gasteiger partial charge >= 0.3 is 0 Å². The van der Waals surface area contributed by atoms with Crippen LogP contribution in [0.15, 0.2) is 30.3 Å². The van der Waals surface area contributed by atoms with Crippen molar-refractivity contribution in [2.45, 2.75) is 46.2 Å². The van der Waals surface area contributed by atoms with Crippen LogP contribution in [0.25, 0.3) is 5.69 Å². The van der Waals surface area contributed by atoms with E-state index in [0.29, 0.717) is 17.2 Å². The molecule has 1 aromatic heterocycles. The number of thioether (sulfide) groups is 1. The van der Waals surface area contributed by atoms with Gasteiger partial charge in [-0.2, -0.15) is 0 Å². The fourth-order valence-electron chi connectivity index (χ4n) is 3.59. The Morgan fingerprint density at radius 1 is 1.21 bits per heavy atom. The molecule has 2 aromatic rings. The third kappa shape index (κ3) is 4.45. The predicted octanol–water partition coefficient (Wildman–Crippen LogP) is 3.53. The van der Waals surface area contributed by atoms with E-state index in [1.165, 1.54) is 0 Å². The molecular formula is C22H29N3O3S. The molecule has 29 heavy (non-hydrogen) atoms. The van der Waals surface area contributed by atoms with E-state index in [2.05, 4.69) is 5.32 Å². The number of aryl methyl sites for hydroxylation is 1. The Hall–Kier alpha value is -2.41. The highest BCUT2D eigenvalue weighted by Gasteiger charge is 2.37. The Morgan fingerprint density at radius 3 is 2.59 bits per heavy atom. The first-order chi connectivity index (χ1) is 13.6. The third-order valence-electron chi connectivity index (χ3n) is 4.92. The summed E-state index contributed by atoms with van der Waals surface area (Å²) < 4.78 is 7.38. The highest BCUT2D eigenvalue weighted by atomic mass is 32.2. The van der Waals surface area contributed by atoms with Gasteiger partial charge in [-0.3, -0.25) is 9.59 Å². The zero-order valence-electron chi connectivity index (χ0n) is 17.9. The molecule has 1 saturated heterocycles. The molecule has 156 valence electrons. The minimum atomic E-state index is -0.452. The molecule has 2 amide bonds. The number of methoxy groups -OCH3 is 1. The second-order valence-electron chi connectivity index (χ2n) is 8.35. The van der Waals surface area contributed by atoms with Crippen LogP contribution in [0.3, 0.4) is 0 Å². The largest absolute Gasteiger partial charge is 0.497 e. The Labute approximate surface area is 176 Å². The molecule has 1 aliphatic rings. The number of amides is 2. The Morgan fingerprint density at radius 2 is 1.93 bits per heavy atom. The summed E-state index contributed by atoms with van der Waals surface area (Å²) in [7, 11) is 1.64. The molecule has 0 spiro atoms. The number of benzene rings is 1. The second-order valence-corrected chi connectivity index (χ2v) is 9.35. The molecule has 1 aromatic carbocycles. The molecule has 0 saturated carbocycles. The number of ether oxygens (including phenoxy) is 1. The first-order valence-electron chi connectivity index (χ1n) is 9.66. The Balaban J connectivity index is 1.91. The van der Waals surface area contributed by atoms with Crippen molar-refractivity contribution in [2.24, 2.45) is 0 Å². The summed E-state index contributed by atoms with van der Waals surface area (Å²) in [5, 5.41) is 3.00. The van der Waals surface area contributed by atoms with Gasteiger partial charge in [-0.25, -0.2) is 0 Å². The van der Waals surface area contributed by atoms with Crippen molar-refractivity contribution >= 4 is 23.6 Å². The van der Waals surface area contributed by atoms with Gasteiger partial charge in [0.2, 0.25) is 5.91 Å². The number of nitrogens with one attached hydrogen (secondary N) is 1. The monoisotopic (exact) mass is 415 g/mol. The molecule has 1 N–H and O–H groups in total. The van der Waals surface area contributed by atoms with Crippen LogP contribution in [0.2, 0.25) is 0 Å². The van der Waals surface area contributed by atoms with Crippen LogP contribution in [0.4, 0.5) is 0 Å². The smallest absolute Gasteiger partial charge is 0.257 e. The van der Waals surface area contributed by atoms with Crippen LogP contribution in [0.1, 0.15) is 42.5 Å². The molecule has 3 rings (SSSR count). The number of rotatable bonds is 4. The summed E-state index contributed by atoms with van der Waals surface area (Å²) in [5.74, 6) is 1.69. The van der Waals surface area contributed by atoms with Crippen molar-refractivity contribution in [3.63, 3.8) is 0 Å². The van der Waals surface area contributed by atoms with Crippen molar-refractivity contribution in [2.75, 3.05) is 18.7 Å². The number of hydrogen-bond acceptors (Lipinski definition) is 4. The maximum Gasteiger partial charge on any atom is 0.257 e. The van der Waals surface area contributed by atoms with Crippen molar-refractivity contribution in [3.05, 3.63) is 47.3 Å². The minimum Gasteiger partial charge on any atom is -0.497 e. The van der Waals surface area contributed by atoms with Gasteiger partial charge in [0.1, 0.15) is 11.8 Å². The van der Waals surface area contributed by atoms with E-state index in [4.69, 9.17) is 4.74 Å². The second kappa shape index (κ2) is 8.14. The maximum atomic E-state index is 13.4. The SMILES string of the molecule is COc1cccc(-n2c(C)cc(C(=O)N3CSC[C@@H]3C(=O)NC(C)(C)C)c2C)c1. The molecule has 0 bridgehead atoms. The molecule has 1 aliphatic heterocycles. The van der Waals surface area contributed by atoms with E-state index in [0.717, 1.165) is 22.8 Å². The van der Waals surface area contributed by atoms with Crippen molar-refractivity contribution in [1.29, 1.82) is 0 Å². The maximum absolute atomic E-state index is 13.4. The fraction of sp³-hybridized carbons (Fsp3) is 0.455. The van der Waals surface area contributed by atoms with Crippen LogP contribution in [-0.4, -0.2) is 51.6 Å². The van der Waals surface area contributed by atoms with Gasteiger partial charge in [-0.1, -0.05) is 6.07 Å². The van der Waals surface area contributed by atoms with E-state index < -0.39 is 6.04 Å². The highest BCUT2D eigenvalue weighted by molar-refractivity contribution is 7.99. The number of carbonyl (C=O) groups excluding carboxylic acids is 2. The molecule has 0 aliphatic carbocycles. The lowest BCUT2D eigenvalue weighted by Crippen LogP contribution is -2.52. The summed E-state index contributed by atoms with van der Waals surface area (Å²) in [6.07, 6.45) is 0. The quantitative estimate of drug-likeness (QED) is 0.830. The van der Waals surface area contributed by atoms with Crippen LogP contribution in [-0.2, 0) is 4.79 Å². The van der Waals surface area contributed by atoms with Gasteiger partial charge in [0.05, 0.1) is 18.6 Å². The number of aromatic nitrogens is 1. The third-order valence-corrected chi connectivity index (χ3v) is 5.93. The minimum absolute atomic E-state index is 0.0996. The summed E-state index contributed by atoms with van der Waals surface area (Å²) in [5.41, 5.74) is 3.05. The standard InChI is InChI=1S/C22H29N3O3S/c1-14-10-18(15(2)25(14)16-8-7-9-17(11-16)28-6)21(27)24-13-29-12-19(24)20(26)23-22(3,4)5/h7-11,19H,12-13H2,1-6H3,(H,23,26)/t19-/m1/s1. The van der Waals surface area contributed by atoms with Crippen LogP contribution in [0.5, 0.6) is 5.75 Å². The predicted molar refractivity (Wildman–Crippen MR) is 117 cm³/mol. The topological polar surface area (TPSA) is 63.6 Å². The number of carbonyl (C=O) groups is 2. The summed E-state index contributed by atoms with van der Waals surface area (Å²) in [6, 6.07) is 9.20. The van der Waals surface area contributed by atoms with E-state index in [1.54, 1.807) is 23.8 Å². The number of nitrogens with zero attached hydrogens (tertiary/aromatic N) is 2.